The van der Waals surface area contributed by atoms with Gasteiger partial charge >= 0.3 is 5.97 Å². The number of hydrogen-bond acceptors (Lipinski definition) is 4. The molecule has 0 aromatic carbocycles. The van der Waals surface area contributed by atoms with E-state index < -0.39 is 12.0 Å². The Labute approximate surface area is 117 Å². The summed E-state index contributed by atoms with van der Waals surface area (Å²) in [6.45, 7) is 2.19. The number of carbonyl (C=O) groups excluding carboxylic acids is 1. The molecule has 1 N–H and O–H groups in total. The summed E-state index contributed by atoms with van der Waals surface area (Å²) in [6.07, 6.45) is 3.60. The van der Waals surface area contributed by atoms with Crippen LogP contribution in [0.2, 0.25) is 0 Å². The van der Waals surface area contributed by atoms with Gasteiger partial charge in [0.1, 0.15) is 6.04 Å². The SMILES string of the molecule is CC(CS)C(=O)N1CC(c2ccoc2)C[C@H]1C(=O)O. The van der Waals surface area contributed by atoms with Crippen molar-refractivity contribution < 1.29 is 19.1 Å². The molecule has 104 valence electrons. The topological polar surface area (TPSA) is 70.8 Å². The summed E-state index contributed by atoms with van der Waals surface area (Å²) in [4.78, 5) is 25.0. The Morgan fingerprint density at radius 3 is 2.89 bits per heavy atom. The summed E-state index contributed by atoms with van der Waals surface area (Å²) in [5.41, 5.74) is 0.945. The molecule has 1 aliphatic heterocycles. The first kappa shape index (κ1) is 14.0. The van der Waals surface area contributed by atoms with Gasteiger partial charge in [0, 0.05) is 24.1 Å². The van der Waals surface area contributed by atoms with E-state index in [2.05, 4.69) is 12.6 Å². The number of hydrogen-bond donors (Lipinski definition) is 2. The second-order valence-electron chi connectivity index (χ2n) is 4.92. The van der Waals surface area contributed by atoms with Crippen LogP contribution in [0.15, 0.2) is 23.0 Å². The van der Waals surface area contributed by atoms with Crippen molar-refractivity contribution in [2.24, 2.45) is 5.92 Å². The van der Waals surface area contributed by atoms with Gasteiger partial charge in [-0.2, -0.15) is 12.6 Å². The van der Waals surface area contributed by atoms with Gasteiger partial charge < -0.3 is 14.4 Å². The van der Waals surface area contributed by atoms with Crippen LogP contribution in [0, 0.1) is 5.92 Å². The van der Waals surface area contributed by atoms with E-state index >= 15 is 0 Å². The highest BCUT2D eigenvalue weighted by Gasteiger charge is 2.41. The number of carboxylic acids is 1. The van der Waals surface area contributed by atoms with Crippen LogP contribution in [0.4, 0.5) is 0 Å². The Balaban J connectivity index is 2.17. The number of carboxylic acid groups (broad SMARTS) is 1. The maximum atomic E-state index is 12.2. The average molecular weight is 283 g/mol. The molecule has 5 nitrogen and oxygen atoms in total. The van der Waals surface area contributed by atoms with Gasteiger partial charge in [0.15, 0.2) is 0 Å². The van der Waals surface area contributed by atoms with E-state index in [1.165, 1.54) is 4.90 Å². The average Bonchev–Trinajstić information content (AvgIpc) is 3.04. The third kappa shape index (κ3) is 2.78. The van der Waals surface area contributed by atoms with Gasteiger partial charge in [-0.25, -0.2) is 4.79 Å². The predicted octanol–water partition coefficient (Wildman–Crippen LogP) is 1.61. The number of amides is 1. The monoisotopic (exact) mass is 283 g/mol. The molecule has 2 rings (SSSR count). The van der Waals surface area contributed by atoms with E-state index in [0.29, 0.717) is 18.7 Å². The molecule has 1 aliphatic rings. The third-order valence-electron chi connectivity index (χ3n) is 3.58. The zero-order chi connectivity index (χ0) is 14.0. The summed E-state index contributed by atoms with van der Waals surface area (Å²) >= 11 is 4.10. The van der Waals surface area contributed by atoms with Crippen molar-refractivity contribution in [2.75, 3.05) is 12.3 Å². The van der Waals surface area contributed by atoms with Crippen molar-refractivity contribution in [2.45, 2.75) is 25.3 Å². The lowest BCUT2D eigenvalue weighted by Gasteiger charge is -2.24. The Morgan fingerprint density at radius 1 is 1.63 bits per heavy atom. The van der Waals surface area contributed by atoms with Crippen LogP contribution in [0.5, 0.6) is 0 Å². The Bertz CT molecular complexity index is 459. The molecule has 0 bridgehead atoms. The summed E-state index contributed by atoms with van der Waals surface area (Å²) in [5, 5.41) is 9.27. The molecule has 3 atom stereocenters. The molecule has 1 amide bonds. The van der Waals surface area contributed by atoms with Gasteiger partial charge in [0.25, 0.3) is 0 Å². The minimum atomic E-state index is -0.953. The van der Waals surface area contributed by atoms with Gasteiger partial charge in [-0.3, -0.25) is 4.79 Å². The fourth-order valence-corrected chi connectivity index (χ4v) is 2.58. The van der Waals surface area contributed by atoms with E-state index in [-0.39, 0.29) is 17.7 Å². The molecule has 2 unspecified atom stereocenters. The van der Waals surface area contributed by atoms with Crippen molar-refractivity contribution in [3.8, 4) is 0 Å². The summed E-state index contributed by atoms with van der Waals surface area (Å²) in [5.74, 6) is -0.929. The molecule has 0 radical (unpaired) electrons. The number of nitrogens with zero attached hydrogens (tertiary/aromatic N) is 1. The number of furan rings is 1. The molecule has 2 heterocycles. The first-order valence-electron chi connectivity index (χ1n) is 6.20. The minimum Gasteiger partial charge on any atom is -0.480 e. The standard InChI is InChI=1S/C13H17NO4S/c1-8(7-19)12(15)14-5-10(4-11(14)13(16)17)9-2-3-18-6-9/h2-3,6,8,10-11,19H,4-5,7H2,1H3,(H,16,17)/t8?,10?,11-/m0/s1. The maximum Gasteiger partial charge on any atom is 0.326 e. The number of aliphatic carboxylic acids is 1. The Kier molecular flexibility index (Phi) is 4.19. The van der Waals surface area contributed by atoms with Gasteiger partial charge in [0.2, 0.25) is 5.91 Å². The van der Waals surface area contributed by atoms with Crippen molar-refractivity contribution in [3.63, 3.8) is 0 Å². The quantitative estimate of drug-likeness (QED) is 0.824. The third-order valence-corrected chi connectivity index (χ3v) is 4.13. The highest BCUT2D eigenvalue weighted by Crippen LogP contribution is 2.33. The van der Waals surface area contributed by atoms with E-state index in [0.717, 1.165) is 5.56 Å². The van der Waals surface area contributed by atoms with Crippen LogP contribution in [0.25, 0.3) is 0 Å². The van der Waals surface area contributed by atoms with Crippen LogP contribution in [0.3, 0.4) is 0 Å². The van der Waals surface area contributed by atoms with Gasteiger partial charge in [-0.15, -0.1) is 0 Å². The van der Waals surface area contributed by atoms with Crippen molar-refractivity contribution in [1.82, 2.24) is 4.90 Å². The molecule has 1 fully saturated rings. The molecule has 1 aromatic heterocycles. The highest BCUT2D eigenvalue weighted by molar-refractivity contribution is 7.80. The second kappa shape index (κ2) is 5.69. The van der Waals surface area contributed by atoms with E-state index in [9.17, 15) is 14.7 Å². The molecule has 1 saturated heterocycles. The minimum absolute atomic E-state index is 0.0240. The molecule has 0 saturated carbocycles. The van der Waals surface area contributed by atoms with Gasteiger partial charge in [-0.1, -0.05) is 6.92 Å². The second-order valence-corrected chi connectivity index (χ2v) is 5.28. The lowest BCUT2D eigenvalue weighted by molar-refractivity contribution is -0.149. The summed E-state index contributed by atoms with van der Waals surface area (Å²) in [7, 11) is 0. The number of carbonyl (C=O) groups is 2. The predicted molar refractivity (Wildman–Crippen MR) is 72.2 cm³/mol. The molecule has 1 aromatic rings. The van der Waals surface area contributed by atoms with Crippen LogP contribution >= 0.6 is 12.6 Å². The molecular formula is C13H17NO4S. The lowest BCUT2D eigenvalue weighted by Crippen LogP contribution is -2.43. The molecule has 0 spiro atoms. The van der Waals surface area contributed by atoms with Crippen molar-refractivity contribution >= 4 is 24.5 Å². The largest absolute Gasteiger partial charge is 0.480 e. The van der Waals surface area contributed by atoms with Gasteiger partial charge in [0.05, 0.1) is 12.5 Å². The lowest BCUT2D eigenvalue weighted by atomic mass is 9.99. The van der Waals surface area contributed by atoms with E-state index in [1.807, 2.05) is 6.07 Å². The van der Waals surface area contributed by atoms with Crippen LogP contribution in [-0.4, -0.2) is 40.2 Å². The summed E-state index contributed by atoms with van der Waals surface area (Å²) in [6, 6.07) is 1.06. The first-order valence-corrected chi connectivity index (χ1v) is 6.84. The number of likely N-dealkylation sites (tertiary alicyclic amines) is 1. The molecule has 6 heteroatoms. The van der Waals surface area contributed by atoms with Crippen LogP contribution in [-0.2, 0) is 9.59 Å². The smallest absolute Gasteiger partial charge is 0.326 e. The van der Waals surface area contributed by atoms with Crippen LogP contribution < -0.4 is 0 Å². The number of rotatable bonds is 4. The molecule has 0 aliphatic carbocycles. The Morgan fingerprint density at radius 2 is 2.37 bits per heavy atom. The van der Waals surface area contributed by atoms with Crippen molar-refractivity contribution in [1.29, 1.82) is 0 Å². The molecule has 19 heavy (non-hydrogen) atoms. The Hall–Kier alpha value is -1.43. The summed E-state index contributed by atoms with van der Waals surface area (Å²) < 4.78 is 5.02. The van der Waals surface area contributed by atoms with E-state index in [1.54, 1.807) is 19.5 Å². The highest BCUT2D eigenvalue weighted by atomic mass is 32.1. The normalized spacial score (nSPS) is 24.4. The molecular weight excluding hydrogens is 266 g/mol. The number of thiol groups is 1. The zero-order valence-electron chi connectivity index (χ0n) is 10.7. The van der Waals surface area contributed by atoms with E-state index in [4.69, 9.17) is 4.42 Å². The fraction of sp³-hybridized carbons (Fsp3) is 0.538. The first-order chi connectivity index (χ1) is 9.04. The van der Waals surface area contributed by atoms with Crippen molar-refractivity contribution in [3.05, 3.63) is 24.2 Å². The zero-order valence-corrected chi connectivity index (χ0v) is 11.5. The van der Waals surface area contributed by atoms with Gasteiger partial charge in [-0.05, 0) is 18.1 Å². The fourth-order valence-electron chi connectivity index (χ4n) is 2.42. The maximum absolute atomic E-state index is 12.2. The van der Waals surface area contributed by atoms with Crippen LogP contribution in [0.1, 0.15) is 24.8 Å².